The van der Waals surface area contributed by atoms with Crippen molar-refractivity contribution in [3.8, 4) is 5.75 Å². The van der Waals surface area contributed by atoms with Crippen LogP contribution in [0.2, 0.25) is 0 Å². The third kappa shape index (κ3) is 4.46. The Balaban J connectivity index is 2.23. The molecular weight excluding hydrogens is 316 g/mol. The Morgan fingerprint density at radius 2 is 1.78 bits per heavy atom. The minimum atomic E-state index is -3.77. The maximum Gasteiger partial charge on any atom is 0.265 e. The molecule has 0 radical (unpaired) electrons. The lowest BCUT2D eigenvalue weighted by Crippen LogP contribution is -2.15. The number of carbonyl (C=O) groups excluding carboxylic acids is 1. The minimum Gasteiger partial charge on any atom is -0.492 e. The topological polar surface area (TPSA) is 98.5 Å². The number of benzene rings is 2. The van der Waals surface area contributed by atoms with Crippen LogP contribution in [0.4, 0.5) is 5.69 Å². The highest BCUT2D eigenvalue weighted by molar-refractivity contribution is 7.92. The van der Waals surface area contributed by atoms with Crippen molar-refractivity contribution in [1.82, 2.24) is 0 Å². The van der Waals surface area contributed by atoms with Crippen molar-refractivity contribution < 1.29 is 17.9 Å². The molecular formula is C16H18N2O4S. The van der Waals surface area contributed by atoms with Gasteiger partial charge in [0.15, 0.2) is 0 Å². The van der Waals surface area contributed by atoms with Gasteiger partial charge in [-0.15, -0.1) is 0 Å². The number of primary amides is 1. The molecule has 0 aliphatic rings. The predicted octanol–water partition coefficient (Wildman–Crippen LogP) is 1.91. The van der Waals surface area contributed by atoms with E-state index in [4.69, 9.17) is 10.5 Å². The molecule has 0 saturated heterocycles. The summed E-state index contributed by atoms with van der Waals surface area (Å²) in [5.41, 5.74) is 6.23. The van der Waals surface area contributed by atoms with E-state index in [0.29, 0.717) is 18.0 Å². The van der Waals surface area contributed by atoms with E-state index in [1.807, 2.05) is 0 Å². The van der Waals surface area contributed by atoms with E-state index in [1.54, 1.807) is 49.4 Å². The average molecular weight is 334 g/mol. The summed E-state index contributed by atoms with van der Waals surface area (Å²) >= 11 is 0. The number of nitrogens with one attached hydrogen (secondary N) is 1. The Morgan fingerprint density at radius 1 is 1.13 bits per heavy atom. The number of sulfonamides is 1. The number of rotatable bonds is 7. The quantitative estimate of drug-likeness (QED) is 0.808. The second kappa shape index (κ2) is 7.15. The highest BCUT2D eigenvalue weighted by Gasteiger charge is 2.19. The monoisotopic (exact) mass is 334 g/mol. The molecule has 0 aliphatic carbocycles. The predicted molar refractivity (Wildman–Crippen MR) is 87.8 cm³/mol. The lowest BCUT2D eigenvalue weighted by molar-refractivity contribution is -0.117. The zero-order valence-electron chi connectivity index (χ0n) is 12.7. The first-order chi connectivity index (χ1) is 10.9. The van der Waals surface area contributed by atoms with Gasteiger partial charge in [-0.25, -0.2) is 8.42 Å². The Labute approximate surface area is 135 Å². The molecule has 0 aliphatic heterocycles. The third-order valence-corrected chi connectivity index (χ3v) is 4.44. The van der Waals surface area contributed by atoms with Crippen LogP contribution in [0.5, 0.6) is 5.75 Å². The fourth-order valence-electron chi connectivity index (χ4n) is 2.05. The van der Waals surface area contributed by atoms with Crippen LogP contribution in [0.25, 0.3) is 0 Å². The summed E-state index contributed by atoms with van der Waals surface area (Å²) in [5.74, 6) is -0.142. The number of ether oxygens (including phenoxy) is 1. The van der Waals surface area contributed by atoms with Gasteiger partial charge in [0.05, 0.1) is 13.0 Å². The molecule has 6 nitrogen and oxygen atoms in total. The van der Waals surface area contributed by atoms with Crippen LogP contribution in [0.1, 0.15) is 12.5 Å². The Hall–Kier alpha value is -2.54. The van der Waals surface area contributed by atoms with Gasteiger partial charge in [0.25, 0.3) is 10.0 Å². The summed E-state index contributed by atoms with van der Waals surface area (Å²) in [6.45, 7) is 2.16. The van der Waals surface area contributed by atoms with E-state index >= 15 is 0 Å². The SMILES string of the molecule is CCOc1ccccc1S(=O)(=O)Nc1ccc(CC(N)=O)cc1. The zero-order valence-corrected chi connectivity index (χ0v) is 13.5. The molecule has 23 heavy (non-hydrogen) atoms. The first-order valence-corrected chi connectivity index (χ1v) is 8.52. The van der Waals surface area contributed by atoms with Crippen LogP contribution < -0.4 is 15.2 Å². The van der Waals surface area contributed by atoms with Gasteiger partial charge in [-0.05, 0) is 36.8 Å². The van der Waals surface area contributed by atoms with E-state index in [9.17, 15) is 13.2 Å². The van der Waals surface area contributed by atoms with Crippen molar-refractivity contribution in [2.75, 3.05) is 11.3 Å². The molecule has 2 rings (SSSR count). The van der Waals surface area contributed by atoms with Crippen LogP contribution in [0.3, 0.4) is 0 Å². The smallest absolute Gasteiger partial charge is 0.265 e. The molecule has 0 unspecified atom stereocenters. The summed E-state index contributed by atoms with van der Waals surface area (Å²) < 4.78 is 32.8. The Bertz CT molecular complexity index is 786. The van der Waals surface area contributed by atoms with Crippen molar-refractivity contribution in [1.29, 1.82) is 0 Å². The van der Waals surface area contributed by atoms with E-state index in [-0.39, 0.29) is 11.3 Å². The van der Waals surface area contributed by atoms with Crippen molar-refractivity contribution in [3.63, 3.8) is 0 Å². The minimum absolute atomic E-state index is 0.0723. The molecule has 0 spiro atoms. The molecule has 3 N–H and O–H groups in total. The number of hydrogen-bond donors (Lipinski definition) is 2. The largest absolute Gasteiger partial charge is 0.492 e. The van der Waals surface area contributed by atoms with Crippen LogP contribution in [0.15, 0.2) is 53.4 Å². The second-order valence-corrected chi connectivity index (χ2v) is 6.48. The number of nitrogens with two attached hydrogens (primary N) is 1. The van der Waals surface area contributed by atoms with Crippen molar-refractivity contribution in [3.05, 3.63) is 54.1 Å². The van der Waals surface area contributed by atoms with Crippen LogP contribution >= 0.6 is 0 Å². The summed E-state index contributed by atoms with van der Waals surface area (Å²) in [4.78, 5) is 10.9. The van der Waals surface area contributed by atoms with E-state index in [2.05, 4.69) is 4.72 Å². The normalized spacial score (nSPS) is 11.0. The highest BCUT2D eigenvalue weighted by atomic mass is 32.2. The van der Waals surface area contributed by atoms with Crippen molar-refractivity contribution >= 4 is 21.6 Å². The number of para-hydroxylation sites is 1. The van der Waals surface area contributed by atoms with Gasteiger partial charge in [0, 0.05) is 5.69 Å². The Kier molecular flexibility index (Phi) is 5.23. The first kappa shape index (κ1) is 16.8. The second-order valence-electron chi connectivity index (χ2n) is 4.83. The molecule has 0 bridgehead atoms. The van der Waals surface area contributed by atoms with E-state index < -0.39 is 15.9 Å². The van der Waals surface area contributed by atoms with Crippen molar-refractivity contribution in [2.24, 2.45) is 5.73 Å². The molecule has 7 heteroatoms. The molecule has 0 saturated carbocycles. The van der Waals surface area contributed by atoms with E-state index in [1.165, 1.54) is 6.07 Å². The molecule has 2 aromatic carbocycles. The molecule has 1 amide bonds. The fourth-order valence-corrected chi connectivity index (χ4v) is 3.25. The highest BCUT2D eigenvalue weighted by Crippen LogP contribution is 2.25. The third-order valence-electron chi connectivity index (χ3n) is 3.02. The standard InChI is InChI=1S/C16H18N2O4S/c1-2-22-14-5-3-4-6-15(14)23(20,21)18-13-9-7-12(8-10-13)11-16(17)19/h3-10,18H,2,11H2,1H3,(H2,17,19). The fraction of sp³-hybridized carbons (Fsp3) is 0.188. The van der Waals surface area contributed by atoms with Gasteiger partial charge in [0.1, 0.15) is 10.6 Å². The zero-order chi connectivity index (χ0) is 16.9. The number of amides is 1. The lowest BCUT2D eigenvalue weighted by Gasteiger charge is -2.12. The van der Waals surface area contributed by atoms with Crippen molar-refractivity contribution in [2.45, 2.75) is 18.2 Å². The average Bonchev–Trinajstić information content (AvgIpc) is 2.49. The molecule has 2 aromatic rings. The number of carbonyl (C=O) groups is 1. The first-order valence-electron chi connectivity index (χ1n) is 7.04. The summed E-state index contributed by atoms with van der Waals surface area (Å²) in [6.07, 6.45) is 0.111. The van der Waals surface area contributed by atoms with Gasteiger partial charge in [0.2, 0.25) is 5.91 Å². The van der Waals surface area contributed by atoms with Gasteiger partial charge < -0.3 is 10.5 Å². The molecule has 0 aromatic heterocycles. The van der Waals surface area contributed by atoms with Crippen LogP contribution in [0, 0.1) is 0 Å². The summed E-state index contributed by atoms with van der Waals surface area (Å²) in [6, 6.07) is 12.9. The van der Waals surface area contributed by atoms with Gasteiger partial charge in [-0.1, -0.05) is 24.3 Å². The maximum atomic E-state index is 12.5. The van der Waals surface area contributed by atoms with Gasteiger partial charge in [-0.3, -0.25) is 9.52 Å². The molecule has 0 heterocycles. The van der Waals surface area contributed by atoms with Crippen LogP contribution in [-0.2, 0) is 21.2 Å². The summed E-state index contributed by atoms with van der Waals surface area (Å²) in [5, 5.41) is 0. The van der Waals surface area contributed by atoms with E-state index in [0.717, 1.165) is 5.56 Å². The van der Waals surface area contributed by atoms with Gasteiger partial charge in [-0.2, -0.15) is 0 Å². The Morgan fingerprint density at radius 3 is 2.39 bits per heavy atom. The summed E-state index contributed by atoms with van der Waals surface area (Å²) in [7, 11) is -3.77. The molecule has 0 atom stereocenters. The van der Waals surface area contributed by atoms with Gasteiger partial charge >= 0.3 is 0 Å². The maximum absolute atomic E-state index is 12.5. The number of hydrogen-bond acceptors (Lipinski definition) is 4. The lowest BCUT2D eigenvalue weighted by atomic mass is 10.1. The molecule has 122 valence electrons. The molecule has 0 fully saturated rings. The number of anilines is 1. The van der Waals surface area contributed by atoms with Crippen LogP contribution in [-0.4, -0.2) is 20.9 Å².